The number of carbonyl (C=O) groups excluding carboxylic acids is 1. The number of fused-ring (bicyclic) bond motifs is 1. The molecule has 1 fully saturated rings. The Labute approximate surface area is 127 Å². The standard InChI is InChI=1S/C15H19FN2O4/c16-6-7-21-13-12-10(3-1-2-9-4-5-9)8-11(19)22-14(12)18-15(20)17-13/h8-9,13H,1-7H2,(H2,17,18,20). The van der Waals surface area contributed by atoms with Gasteiger partial charge in [-0.05, 0) is 24.3 Å². The van der Waals surface area contributed by atoms with E-state index in [1.165, 1.54) is 18.9 Å². The zero-order valence-electron chi connectivity index (χ0n) is 12.2. The lowest BCUT2D eigenvalue weighted by molar-refractivity contribution is 0.0263. The number of anilines is 1. The zero-order chi connectivity index (χ0) is 15.5. The Morgan fingerprint density at radius 1 is 1.36 bits per heavy atom. The molecular weight excluding hydrogens is 291 g/mol. The van der Waals surface area contributed by atoms with Gasteiger partial charge in [0.05, 0.1) is 12.2 Å². The summed E-state index contributed by atoms with van der Waals surface area (Å²) in [7, 11) is 0. The molecule has 1 atom stereocenters. The molecule has 2 aliphatic rings. The van der Waals surface area contributed by atoms with Crippen LogP contribution < -0.4 is 16.3 Å². The molecule has 0 aromatic carbocycles. The van der Waals surface area contributed by atoms with Gasteiger partial charge in [-0.15, -0.1) is 0 Å². The monoisotopic (exact) mass is 310 g/mol. The number of carbonyl (C=O) groups is 1. The first-order chi connectivity index (χ1) is 10.7. The van der Waals surface area contributed by atoms with Crippen molar-refractivity contribution in [1.29, 1.82) is 0 Å². The third kappa shape index (κ3) is 3.47. The van der Waals surface area contributed by atoms with Crippen molar-refractivity contribution in [2.75, 3.05) is 18.6 Å². The first-order valence-electron chi connectivity index (χ1n) is 7.59. The fourth-order valence-electron chi connectivity index (χ4n) is 2.74. The Morgan fingerprint density at radius 2 is 2.18 bits per heavy atom. The van der Waals surface area contributed by atoms with E-state index in [1.54, 1.807) is 0 Å². The van der Waals surface area contributed by atoms with E-state index in [0.29, 0.717) is 12.0 Å². The lowest BCUT2D eigenvalue weighted by atomic mass is 10.0. The molecule has 1 unspecified atom stereocenters. The van der Waals surface area contributed by atoms with Gasteiger partial charge in [-0.1, -0.05) is 19.3 Å². The van der Waals surface area contributed by atoms with Gasteiger partial charge in [0.1, 0.15) is 6.67 Å². The molecule has 1 aromatic heterocycles. The maximum absolute atomic E-state index is 12.4. The van der Waals surface area contributed by atoms with Gasteiger partial charge >= 0.3 is 11.7 Å². The number of alkyl halides is 1. The van der Waals surface area contributed by atoms with Crippen LogP contribution >= 0.6 is 0 Å². The molecule has 0 saturated heterocycles. The number of nitrogens with one attached hydrogen (secondary N) is 2. The van der Waals surface area contributed by atoms with E-state index in [9.17, 15) is 14.0 Å². The molecule has 3 rings (SSSR count). The van der Waals surface area contributed by atoms with Crippen LogP contribution in [0.15, 0.2) is 15.3 Å². The number of urea groups is 1. The highest BCUT2D eigenvalue weighted by atomic mass is 19.1. The number of hydrogen-bond donors (Lipinski definition) is 2. The minimum atomic E-state index is -0.792. The second kappa shape index (κ2) is 6.48. The van der Waals surface area contributed by atoms with Crippen molar-refractivity contribution in [2.45, 2.75) is 38.3 Å². The van der Waals surface area contributed by atoms with Gasteiger partial charge in [0, 0.05) is 6.07 Å². The highest BCUT2D eigenvalue weighted by Crippen LogP contribution is 2.35. The minimum Gasteiger partial charge on any atom is -0.406 e. The van der Waals surface area contributed by atoms with Gasteiger partial charge in [-0.2, -0.15) is 0 Å². The molecule has 1 saturated carbocycles. The van der Waals surface area contributed by atoms with E-state index in [1.807, 2.05) is 0 Å². The summed E-state index contributed by atoms with van der Waals surface area (Å²) in [5.41, 5.74) is 0.860. The zero-order valence-corrected chi connectivity index (χ0v) is 12.2. The third-order valence-corrected chi connectivity index (χ3v) is 3.95. The van der Waals surface area contributed by atoms with E-state index >= 15 is 0 Å². The summed E-state index contributed by atoms with van der Waals surface area (Å²) in [6.45, 7) is -0.784. The number of aryl methyl sites for hydroxylation is 1. The second-order valence-corrected chi connectivity index (χ2v) is 5.71. The number of amides is 2. The Bertz CT molecular complexity index is 612. The summed E-state index contributed by atoms with van der Waals surface area (Å²) in [5, 5.41) is 5.05. The molecule has 0 spiro atoms. The number of halogens is 1. The Morgan fingerprint density at radius 3 is 2.91 bits per heavy atom. The van der Waals surface area contributed by atoms with Crippen LogP contribution in [0.25, 0.3) is 0 Å². The molecule has 6 nitrogen and oxygen atoms in total. The highest BCUT2D eigenvalue weighted by Gasteiger charge is 2.30. The highest BCUT2D eigenvalue weighted by molar-refractivity contribution is 5.91. The van der Waals surface area contributed by atoms with Crippen molar-refractivity contribution in [3.05, 3.63) is 27.6 Å². The van der Waals surface area contributed by atoms with Gasteiger partial charge < -0.3 is 14.5 Å². The summed E-state index contributed by atoms with van der Waals surface area (Å²) < 4.78 is 22.8. The molecule has 22 heavy (non-hydrogen) atoms. The molecule has 2 heterocycles. The second-order valence-electron chi connectivity index (χ2n) is 5.71. The van der Waals surface area contributed by atoms with Crippen LogP contribution in [0, 0.1) is 5.92 Å². The SMILES string of the molecule is O=C1Nc2oc(=O)cc(CCCC3CC3)c2C(OCCF)N1. The van der Waals surface area contributed by atoms with E-state index < -0.39 is 24.6 Å². The van der Waals surface area contributed by atoms with Crippen molar-refractivity contribution in [1.82, 2.24) is 5.32 Å². The van der Waals surface area contributed by atoms with Crippen molar-refractivity contribution in [2.24, 2.45) is 5.92 Å². The largest absolute Gasteiger partial charge is 0.406 e. The number of rotatable bonds is 7. The topological polar surface area (TPSA) is 80.6 Å². The lowest BCUT2D eigenvalue weighted by Crippen LogP contribution is -2.40. The van der Waals surface area contributed by atoms with E-state index in [2.05, 4.69) is 10.6 Å². The van der Waals surface area contributed by atoms with E-state index in [0.717, 1.165) is 24.3 Å². The predicted octanol–water partition coefficient (Wildman–Crippen LogP) is 2.49. The van der Waals surface area contributed by atoms with Crippen molar-refractivity contribution >= 4 is 11.9 Å². The molecular formula is C15H19FN2O4. The average Bonchev–Trinajstić information content (AvgIpc) is 3.28. The third-order valence-electron chi connectivity index (χ3n) is 3.95. The molecule has 2 N–H and O–H groups in total. The van der Waals surface area contributed by atoms with E-state index in [-0.39, 0.29) is 12.5 Å². The molecule has 0 radical (unpaired) electrons. The molecule has 1 aliphatic heterocycles. The van der Waals surface area contributed by atoms with Crippen LogP contribution in [-0.4, -0.2) is 19.3 Å². The molecule has 120 valence electrons. The summed E-state index contributed by atoms with van der Waals surface area (Å²) >= 11 is 0. The summed E-state index contributed by atoms with van der Waals surface area (Å²) in [5.74, 6) is 0.911. The summed E-state index contributed by atoms with van der Waals surface area (Å²) in [6, 6.07) is 0.895. The lowest BCUT2D eigenvalue weighted by Gasteiger charge is -2.27. The molecule has 1 aliphatic carbocycles. The molecule has 1 aromatic rings. The average molecular weight is 310 g/mol. The normalized spacial score (nSPS) is 20.2. The first-order valence-corrected chi connectivity index (χ1v) is 7.59. The smallest absolute Gasteiger partial charge is 0.337 e. The number of hydrogen-bond acceptors (Lipinski definition) is 4. The molecule has 7 heteroatoms. The van der Waals surface area contributed by atoms with Crippen molar-refractivity contribution in [3.63, 3.8) is 0 Å². The van der Waals surface area contributed by atoms with Crippen LogP contribution in [0.3, 0.4) is 0 Å². The predicted molar refractivity (Wildman–Crippen MR) is 77.5 cm³/mol. The maximum Gasteiger partial charge on any atom is 0.337 e. The van der Waals surface area contributed by atoms with Gasteiger partial charge in [0.2, 0.25) is 5.88 Å². The summed E-state index contributed by atoms with van der Waals surface area (Å²) in [6.07, 6.45) is 4.58. The van der Waals surface area contributed by atoms with Crippen LogP contribution in [0.5, 0.6) is 0 Å². The summed E-state index contributed by atoms with van der Waals surface area (Å²) in [4.78, 5) is 23.2. The minimum absolute atomic E-state index is 0.0986. The Kier molecular flexibility index (Phi) is 4.42. The Hall–Kier alpha value is -1.89. The van der Waals surface area contributed by atoms with Gasteiger partial charge in [0.25, 0.3) is 0 Å². The van der Waals surface area contributed by atoms with Gasteiger partial charge in [-0.3, -0.25) is 5.32 Å². The fraction of sp³-hybridized carbons (Fsp3) is 0.600. The fourth-order valence-corrected chi connectivity index (χ4v) is 2.74. The number of ether oxygens (including phenoxy) is 1. The maximum atomic E-state index is 12.4. The van der Waals surface area contributed by atoms with Crippen LogP contribution in [0.4, 0.5) is 15.1 Å². The van der Waals surface area contributed by atoms with Crippen LogP contribution in [0.2, 0.25) is 0 Å². The molecule has 2 amide bonds. The quantitative estimate of drug-likeness (QED) is 0.811. The van der Waals surface area contributed by atoms with Crippen LogP contribution in [0.1, 0.15) is 43.0 Å². The van der Waals surface area contributed by atoms with Crippen LogP contribution in [-0.2, 0) is 11.2 Å². The van der Waals surface area contributed by atoms with Gasteiger partial charge in [0.15, 0.2) is 6.23 Å². The Balaban J connectivity index is 1.84. The van der Waals surface area contributed by atoms with Crippen molar-refractivity contribution in [3.8, 4) is 0 Å². The van der Waals surface area contributed by atoms with Gasteiger partial charge in [-0.25, -0.2) is 14.0 Å². The molecule has 0 bridgehead atoms. The first kappa shape index (κ1) is 15.0. The van der Waals surface area contributed by atoms with Crippen molar-refractivity contribution < 1.29 is 18.3 Å². The van der Waals surface area contributed by atoms with E-state index in [4.69, 9.17) is 9.15 Å².